The van der Waals surface area contributed by atoms with Crippen LogP contribution in [0.5, 0.6) is 0 Å². The fourth-order valence-corrected chi connectivity index (χ4v) is 2.43. The van der Waals surface area contributed by atoms with Crippen LogP contribution in [0.15, 0.2) is 36.5 Å². The highest BCUT2D eigenvalue weighted by Gasteiger charge is 2.26. The summed E-state index contributed by atoms with van der Waals surface area (Å²) in [6.45, 7) is 2.13. The molecule has 0 saturated carbocycles. The maximum Gasteiger partial charge on any atom is 0.193 e. The van der Waals surface area contributed by atoms with E-state index >= 15 is 0 Å². The van der Waals surface area contributed by atoms with Crippen molar-refractivity contribution in [1.82, 2.24) is 9.88 Å². The fraction of sp³-hybridized carbons (Fsp3) is 0.333. The lowest BCUT2D eigenvalue weighted by Gasteiger charge is -2.29. The number of likely N-dealkylation sites (N-methyl/N-ethyl adjacent to an activating group) is 1. The van der Waals surface area contributed by atoms with Crippen LogP contribution in [0.3, 0.4) is 0 Å². The van der Waals surface area contributed by atoms with Gasteiger partial charge in [0.2, 0.25) is 0 Å². The van der Waals surface area contributed by atoms with Crippen molar-refractivity contribution in [2.45, 2.75) is 6.10 Å². The second kappa shape index (κ2) is 5.07. The second-order valence-corrected chi connectivity index (χ2v) is 4.86. The molecule has 98 valence electrons. The number of morpholine rings is 1. The van der Waals surface area contributed by atoms with Crippen LogP contribution in [0, 0.1) is 0 Å². The predicted octanol–water partition coefficient (Wildman–Crippen LogP) is 1.75. The Balaban J connectivity index is 1.97. The van der Waals surface area contributed by atoms with Crippen LogP contribution < -0.4 is 0 Å². The molecule has 0 aliphatic carbocycles. The van der Waals surface area contributed by atoms with Gasteiger partial charge in [-0.2, -0.15) is 0 Å². The van der Waals surface area contributed by atoms with E-state index in [1.807, 2.05) is 37.4 Å². The average molecular weight is 256 g/mol. The molecule has 3 rings (SSSR count). The van der Waals surface area contributed by atoms with E-state index < -0.39 is 0 Å². The van der Waals surface area contributed by atoms with Gasteiger partial charge in [0.05, 0.1) is 12.1 Å². The van der Waals surface area contributed by atoms with Gasteiger partial charge in [0.1, 0.15) is 6.10 Å². The minimum absolute atomic E-state index is 0.0464. The third kappa shape index (κ3) is 2.37. The van der Waals surface area contributed by atoms with Crippen molar-refractivity contribution in [2.75, 3.05) is 26.7 Å². The maximum atomic E-state index is 12.6. The molecule has 1 unspecified atom stereocenters. The van der Waals surface area contributed by atoms with E-state index in [-0.39, 0.29) is 11.9 Å². The zero-order valence-corrected chi connectivity index (χ0v) is 10.9. The van der Waals surface area contributed by atoms with Gasteiger partial charge in [-0.3, -0.25) is 9.78 Å². The zero-order chi connectivity index (χ0) is 13.2. The van der Waals surface area contributed by atoms with Crippen molar-refractivity contribution in [2.24, 2.45) is 0 Å². The molecule has 1 fully saturated rings. The van der Waals surface area contributed by atoms with Gasteiger partial charge in [-0.25, -0.2) is 0 Å². The lowest BCUT2D eigenvalue weighted by molar-refractivity contribution is -0.00852. The number of hydrogen-bond acceptors (Lipinski definition) is 4. The Morgan fingerprint density at radius 3 is 3.11 bits per heavy atom. The Hall–Kier alpha value is -1.78. The molecule has 0 spiro atoms. The summed E-state index contributed by atoms with van der Waals surface area (Å²) in [6, 6.07) is 9.43. The van der Waals surface area contributed by atoms with E-state index in [0.717, 1.165) is 17.4 Å². The van der Waals surface area contributed by atoms with Crippen molar-refractivity contribution in [3.05, 3.63) is 42.1 Å². The molecule has 1 saturated heterocycles. The molecule has 4 nitrogen and oxygen atoms in total. The van der Waals surface area contributed by atoms with E-state index in [1.165, 1.54) is 0 Å². The van der Waals surface area contributed by atoms with Gasteiger partial charge in [-0.1, -0.05) is 18.2 Å². The summed E-state index contributed by atoms with van der Waals surface area (Å²) in [7, 11) is 2.01. The van der Waals surface area contributed by atoms with Crippen molar-refractivity contribution < 1.29 is 9.53 Å². The first-order chi connectivity index (χ1) is 9.25. The molecule has 4 heteroatoms. The van der Waals surface area contributed by atoms with E-state index in [4.69, 9.17) is 4.74 Å². The van der Waals surface area contributed by atoms with Crippen molar-refractivity contribution in [3.63, 3.8) is 0 Å². The van der Waals surface area contributed by atoms with Crippen molar-refractivity contribution in [1.29, 1.82) is 0 Å². The van der Waals surface area contributed by atoms with Crippen molar-refractivity contribution >= 4 is 16.7 Å². The molecule has 1 atom stereocenters. The number of rotatable bonds is 2. The van der Waals surface area contributed by atoms with Crippen LogP contribution in [-0.2, 0) is 4.74 Å². The monoisotopic (exact) mass is 256 g/mol. The highest BCUT2D eigenvalue weighted by molar-refractivity contribution is 6.09. The molecule has 1 aliphatic heterocycles. The van der Waals surface area contributed by atoms with Crippen LogP contribution >= 0.6 is 0 Å². The summed E-state index contributed by atoms with van der Waals surface area (Å²) < 4.78 is 5.60. The third-order valence-corrected chi connectivity index (χ3v) is 3.47. The van der Waals surface area contributed by atoms with Gasteiger partial charge < -0.3 is 9.64 Å². The molecule has 2 heterocycles. The predicted molar refractivity (Wildman–Crippen MR) is 73.3 cm³/mol. The number of ketones is 1. The highest BCUT2D eigenvalue weighted by Crippen LogP contribution is 2.20. The van der Waals surface area contributed by atoms with Gasteiger partial charge in [-0.15, -0.1) is 0 Å². The lowest BCUT2D eigenvalue weighted by atomic mass is 10.0. The number of ether oxygens (including phenoxy) is 1. The number of fused-ring (bicyclic) bond motifs is 1. The summed E-state index contributed by atoms with van der Waals surface area (Å²) in [6.07, 6.45) is 1.37. The standard InChI is InChI=1S/C15H16N2O2/c1-17-8-9-19-14(10-17)15(18)12-4-2-6-13-11(12)5-3-7-16-13/h2-7,14H,8-10H2,1H3. The normalized spacial score (nSPS) is 20.6. The molecule has 1 aliphatic rings. The first kappa shape index (κ1) is 12.3. The van der Waals surface area contributed by atoms with Crippen molar-refractivity contribution in [3.8, 4) is 0 Å². The van der Waals surface area contributed by atoms with Gasteiger partial charge >= 0.3 is 0 Å². The van der Waals surface area contributed by atoms with E-state index in [1.54, 1.807) is 6.20 Å². The molecule has 19 heavy (non-hydrogen) atoms. The molecule has 1 aromatic heterocycles. The molecular weight excluding hydrogens is 240 g/mol. The number of aromatic nitrogens is 1. The summed E-state index contributed by atoms with van der Waals surface area (Å²) in [5, 5.41) is 0.895. The molecule has 2 aromatic rings. The topological polar surface area (TPSA) is 42.4 Å². The molecule has 1 aromatic carbocycles. The Morgan fingerprint density at radius 1 is 1.37 bits per heavy atom. The summed E-state index contributed by atoms with van der Waals surface area (Å²) >= 11 is 0. The Kier molecular flexibility index (Phi) is 3.27. The van der Waals surface area contributed by atoms with Crippen LogP contribution in [0.2, 0.25) is 0 Å². The van der Waals surface area contributed by atoms with Crippen LogP contribution in [0.25, 0.3) is 10.9 Å². The quantitative estimate of drug-likeness (QED) is 0.768. The largest absolute Gasteiger partial charge is 0.367 e. The van der Waals surface area contributed by atoms with Gasteiger partial charge in [0.15, 0.2) is 5.78 Å². The minimum Gasteiger partial charge on any atom is -0.367 e. The smallest absolute Gasteiger partial charge is 0.193 e. The number of Topliss-reactive ketones (excluding diaryl/α,β-unsaturated/α-hetero) is 1. The first-order valence-corrected chi connectivity index (χ1v) is 6.44. The van der Waals surface area contributed by atoms with Gasteiger partial charge in [-0.05, 0) is 19.2 Å². The number of carbonyl (C=O) groups excluding carboxylic acids is 1. The van der Waals surface area contributed by atoms with Gasteiger partial charge in [0.25, 0.3) is 0 Å². The lowest BCUT2D eigenvalue weighted by Crippen LogP contribution is -2.44. The molecule has 0 bridgehead atoms. The molecule has 0 N–H and O–H groups in total. The van der Waals surface area contributed by atoms with Crippen LogP contribution in [0.1, 0.15) is 10.4 Å². The van der Waals surface area contributed by atoms with E-state index in [2.05, 4.69) is 9.88 Å². The SMILES string of the molecule is CN1CCOC(C(=O)c2cccc3ncccc23)C1. The molecule has 0 amide bonds. The number of benzene rings is 1. The minimum atomic E-state index is -0.371. The Labute approximate surface area is 112 Å². The van der Waals surface area contributed by atoms with E-state index in [9.17, 15) is 4.79 Å². The number of nitrogens with zero attached hydrogens (tertiary/aromatic N) is 2. The molecule has 0 radical (unpaired) electrons. The number of carbonyl (C=O) groups is 1. The fourth-order valence-electron chi connectivity index (χ4n) is 2.43. The number of pyridine rings is 1. The summed E-state index contributed by atoms with van der Waals surface area (Å²) in [5.41, 5.74) is 1.54. The molecular formula is C15H16N2O2. The number of hydrogen-bond donors (Lipinski definition) is 0. The van der Waals surface area contributed by atoms with E-state index in [0.29, 0.717) is 18.7 Å². The maximum absolute atomic E-state index is 12.6. The summed E-state index contributed by atoms with van der Waals surface area (Å²) in [5.74, 6) is 0.0464. The Bertz CT molecular complexity index is 607. The first-order valence-electron chi connectivity index (χ1n) is 6.44. The highest BCUT2D eigenvalue weighted by atomic mass is 16.5. The zero-order valence-electron chi connectivity index (χ0n) is 10.9. The summed E-state index contributed by atoms with van der Waals surface area (Å²) in [4.78, 5) is 19.0. The van der Waals surface area contributed by atoms with Crippen LogP contribution in [0.4, 0.5) is 0 Å². The van der Waals surface area contributed by atoms with Crippen LogP contribution in [-0.4, -0.2) is 48.5 Å². The third-order valence-electron chi connectivity index (χ3n) is 3.47. The van der Waals surface area contributed by atoms with Gasteiger partial charge in [0, 0.05) is 30.2 Å². The Morgan fingerprint density at radius 2 is 2.26 bits per heavy atom. The average Bonchev–Trinajstić information content (AvgIpc) is 2.46. The second-order valence-electron chi connectivity index (χ2n) is 4.86.